The van der Waals surface area contributed by atoms with Gasteiger partial charge in [0, 0.05) is 26.5 Å². The molecule has 4 nitrogen and oxygen atoms in total. The van der Waals surface area contributed by atoms with Crippen molar-refractivity contribution in [3.8, 4) is 0 Å². The first-order chi connectivity index (χ1) is 7.02. The van der Waals surface area contributed by atoms with Gasteiger partial charge in [0.05, 0.1) is 10.7 Å². The first-order valence-corrected chi connectivity index (χ1v) is 4.97. The zero-order chi connectivity index (χ0) is 11.4. The molecule has 0 aliphatic rings. The van der Waals surface area contributed by atoms with E-state index in [-0.39, 0.29) is 11.9 Å². The number of carbonyl (C=O) groups is 1. The van der Waals surface area contributed by atoms with Gasteiger partial charge in [-0.25, -0.2) is 0 Å². The van der Waals surface area contributed by atoms with Gasteiger partial charge in [0.15, 0.2) is 0 Å². The lowest BCUT2D eigenvalue weighted by Gasteiger charge is -2.19. The molecule has 1 aromatic heterocycles. The van der Waals surface area contributed by atoms with Gasteiger partial charge in [0.2, 0.25) is 5.91 Å². The molecule has 0 bridgehead atoms. The van der Waals surface area contributed by atoms with Crippen molar-refractivity contribution in [2.45, 2.75) is 13.0 Å². The molecule has 0 saturated heterocycles. The van der Waals surface area contributed by atoms with Crippen molar-refractivity contribution >= 4 is 23.2 Å². The standard InChI is InChI=1S/C10H14ClN3O/c1-7(10(15)14(2)3)13-9-4-5-12-6-8(9)11/h4-7H,1-3H3,(H,12,13)/t7-/m0/s1. The summed E-state index contributed by atoms with van der Waals surface area (Å²) in [5.41, 5.74) is 0.717. The summed E-state index contributed by atoms with van der Waals surface area (Å²) in [6, 6.07) is 1.43. The van der Waals surface area contributed by atoms with Crippen molar-refractivity contribution in [1.82, 2.24) is 9.88 Å². The molecule has 0 radical (unpaired) electrons. The Morgan fingerprint density at radius 2 is 2.27 bits per heavy atom. The Hall–Kier alpha value is -1.29. The molecule has 1 heterocycles. The minimum atomic E-state index is -0.306. The van der Waals surface area contributed by atoms with Gasteiger partial charge in [0.25, 0.3) is 0 Å². The van der Waals surface area contributed by atoms with Crippen molar-refractivity contribution in [2.24, 2.45) is 0 Å². The highest BCUT2D eigenvalue weighted by molar-refractivity contribution is 6.33. The third-order valence-corrected chi connectivity index (χ3v) is 2.26. The monoisotopic (exact) mass is 227 g/mol. The summed E-state index contributed by atoms with van der Waals surface area (Å²) in [6.45, 7) is 1.79. The molecule has 1 N–H and O–H groups in total. The average Bonchev–Trinajstić information content (AvgIpc) is 2.20. The van der Waals surface area contributed by atoms with E-state index in [2.05, 4.69) is 10.3 Å². The predicted octanol–water partition coefficient (Wildman–Crippen LogP) is 1.62. The van der Waals surface area contributed by atoms with Gasteiger partial charge in [-0.05, 0) is 13.0 Å². The van der Waals surface area contributed by atoms with Crippen LogP contribution in [-0.4, -0.2) is 35.9 Å². The molecule has 1 aromatic rings. The summed E-state index contributed by atoms with van der Waals surface area (Å²) in [7, 11) is 3.43. The molecule has 0 spiro atoms. The van der Waals surface area contributed by atoms with Crippen LogP contribution in [0.3, 0.4) is 0 Å². The number of amides is 1. The van der Waals surface area contributed by atoms with E-state index in [0.717, 1.165) is 5.69 Å². The van der Waals surface area contributed by atoms with Gasteiger partial charge < -0.3 is 10.2 Å². The third-order valence-electron chi connectivity index (χ3n) is 1.96. The highest BCUT2D eigenvalue weighted by atomic mass is 35.5. The second-order valence-corrected chi connectivity index (χ2v) is 3.86. The molecule has 0 unspecified atom stereocenters. The molecular weight excluding hydrogens is 214 g/mol. The van der Waals surface area contributed by atoms with Crippen molar-refractivity contribution in [1.29, 1.82) is 0 Å². The van der Waals surface area contributed by atoms with E-state index < -0.39 is 0 Å². The second kappa shape index (κ2) is 4.98. The second-order valence-electron chi connectivity index (χ2n) is 3.45. The Bertz CT molecular complexity index is 354. The fourth-order valence-corrected chi connectivity index (χ4v) is 1.35. The van der Waals surface area contributed by atoms with E-state index in [9.17, 15) is 4.79 Å². The van der Waals surface area contributed by atoms with Crippen molar-refractivity contribution in [3.63, 3.8) is 0 Å². The molecule has 0 aliphatic carbocycles. The van der Waals surface area contributed by atoms with Gasteiger partial charge in [-0.3, -0.25) is 9.78 Å². The van der Waals surface area contributed by atoms with E-state index in [1.165, 1.54) is 11.1 Å². The molecule has 5 heteroatoms. The summed E-state index contributed by atoms with van der Waals surface area (Å²) in [5, 5.41) is 3.54. The zero-order valence-electron chi connectivity index (χ0n) is 8.99. The number of nitrogens with one attached hydrogen (secondary N) is 1. The smallest absolute Gasteiger partial charge is 0.244 e. The summed E-state index contributed by atoms with van der Waals surface area (Å²) < 4.78 is 0. The van der Waals surface area contributed by atoms with Crippen LogP contribution in [0, 0.1) is 0 Å². The highest BCUT2D eigenvalue weighted by Crippen LogP contribution is 2.20. The first-order valence-electron chi connectivity index (χ1n) is 4.59. The Morgan fingerprint density at radius 3 is 2.80 bits per heavy atom. The number of pyridine rings is 1. The fourth-order valence-electron chi connectivity index (χ4n) is 1.17. The summed E-state index contributed by atoms with van der Waals surface area (Å²) in [6.07, 6.45) is 3.16. The lowest BCUT2D eigenvalue weighted by atomic mass is 10.2. The van der Waals surface area contributed by atoms with Crippen LogP contribution in [0.25, 0.3) is 0 Å². The maximum absolute atomic E-state index is 11.6. The summed E-state index contributed by atoms with van der Waals surface area (Å²) >= 11 is 5.90. The number of anilines is 1. The SMILES string of the molecule is C[C@H](Nc1ccncc1Cl)C(=O)N(C)C. The van der Waals surface area contributed by atoms with Crippen molar-refractivity contribution in [3.05, 3.63) is 23.5 Å². The Kier molecular flexibility index (Phi) is 3.91. The highest BCUT2D eigenvalue weighted by Gasteiger charge is 2.15. The number of hydrogen-bond acceptors (Lipinski definition) is 3. The van der Waals surface area contributed by atoms with E-state index in [1.807, 2.05) is 0 Å². The van der Waals surface area contributed by atoms with E-state index >= 15 is 0 Å². The molecule has 1 atom stereocenters. The molecule has 15 heavy (non-hydrogen) atoms. The molecule has 1 amide bonds. The Labute approximate surface area is 94.3 Å². The lowest BCUT2D eigenvalue weighted by molar-refractivity contribution is -0.129. The van der Waals surface area contributed by atoms with Gasteiger partial charge >= 0.3 is 0 Å². The van der Waals surface area contributed by atoms with Gasteiger partial charge in [-0.15, -0.1) is 0 Å². The van der Waals surface area contributed by atoms with Crippen LogP contribution in [0.1, 0.15) is 6.92 Å². The summed E-state index contributed by atoms with van der Waals surface area (Å²) in [5.74, 6) is 0.00267. The topological polar surface area (TPSA) is 45.2 Å². The number of nitrogens with zero attached hydrogens (tertiary/aromatic N) is 2. The molecule has 0 aromatic carbocycles. The van der Waals surface area contributed by atoms with Crippen LogP contribution in [0.2, 0.25) is 5.02 Å². The third kappa shape index (κ3) is 3.09. The van der Waals surface area contributed by atoms with Crippen LogP contribution in [0.4, 0.5) is 5.69 Å². The molecule has 0 saturated carbocycles. The van der Waals surface area contributed by atoms with Crippen LogP contribution < -0.4 is 5.32 Å². The predicted molar refractivity (Wildman–Crippen MR) is 61.0 cm³/mol. The van der Waals surface area contributed by atoms with Crippen LogP contribution in [-0.2, 0) is 4.79 Å². The first kappa shape index (κ1) is 11.8. The zero-order valence-corrected chi connectivity index (χ0v) is 9.75. The van der Waals surface area contributed by atoms with Crippen LogP contribution >= 0.6 is 11.6 Å². The van der Waals surface area contributed by atoms with Crippen molar-refractivity contribution < 1.29 is 4.79 Å². The summed E-state index contributed by atoms with van der Waals surface area (Å²) in [4.78, 5) is 17.0. The number of aromatic nitrogens is 1. The maximum Gasteiger partial charge on any atom is 0.244 e. The maximum atomic E-state index is 11.6. The largest absolute Gasteiger partial charge is 0.373 e. The Morgan fingerprint density at radius 1 is 1.60 bits per heavy atom. The number of carbonyl (C=O) groups excluding carboxylic acids is 1. The van der Waals surface area contributed by atoms with Crippen LogP contribution in [0.5, 0.6) is 0 Å². The molecule has 1 rings (SSSR count). The minimum absolute atomic E-state index is 0.00267. The molecular formula is C10H14ClN3O. The van der Waals surface area contributed by atoms with Gasteiger partial charge in [0.1, 0.15) is 6.04 Å². The molecule has 0 aliphatic heterocycles. The number of likely N-dealkylation sites (N-methyl/N-ethyl adjacent to an activating group) is 1. The van der Waals surface area contributed by atoms with E-state index in [1.54, 1.807) is 33.3 Å². The van der Waals surface area contributed by atoms with Gasteiger partial charge in [-0.2, -0.15) is 0 Å². The Balaban J connectivity index is 2.71. The van der Waals surface area contributed by atoms with E-state index in [0.29, 0.717) is 5.02 Å². The lowest BCUT2D eigenvalue weighted by Crippen LogP contribution is -2.36. The van der Waals surface area contributed by atoms with Crippen molar-refractivity contribution in [2.75, 3.05) is 19.4 Å². The van der Waals surface area contributed by atoms with E-state index in [4.69, 9.17) is 11.6 Å². The molecule has 82 valence electrons. The average molecular weight is 228 g/mol. The fraction of sp³-hybridized carbons (Fsp3) is 0.400. The normalized spacial score (nSPS) is 12.0. The number of halogens is 1. The molecule has 0 fully saturated rings. The minimum Gasteiger partial charge on any atom is -0.373 e. The number of rotatable bonds is 3. The quantitative estimate of drug-likeness (QED) is 0.854. The number of hydrogen-bond donors (Lipinski definition) is 1. The van der Waals surface area contributed by atoms with Gasteiger partial charge in [-0.1, -0.05) is 11.6 Å². The van der Waals surface area contributed by atoms with Crippen LogP contribution in [0.15, 0.2) is 18.5 Å².